The number of aromatic amines is 1. The number of pyridine rings is 4. The van der Waals surface area contributed by atoms with Crippen LogP contribution in [-0.4, -0.2) is 58.7 Å². The van der Waals surface area contributed by atoms with Gasteiger partial charge in [-0.1, -0.05) is 28.1 Å². The fraction of sp³-hybridized carbons (Fsp3) is 0.0526. The molecule has 0 radical (unpaired) electrons. The lowest BCUT2D eigenvalue weighted by Gasteiger charge is -2.04. The second kappa shape index (κ2) is 14.9. The van der Waals surface area contributed by atoms with Crippen LogP contribution in [0.25, 0.3) is 55.4 Å². The van der Waals surface area contributed by atoms with Gasteiger partial charge < -0.3 is 0 Å². The smallest absolute Gasteiger partial charge is 0.200 e. The Morgan fingerprint density at radius 2 is 1.26 bits per heavy atom. The molecule has 0 aliphatic heterocycles. The molecule has 0 aliphatic carbocycles. The highest BCUT2D eigenvalue weighted by molar-refractivity contribution is 9.10. The van der Waals surface area contributed by atoms with Crippen LogP contribution in [0.5, 0.6) is 0 Å². The molecule has 0 atom stereocenters. The molecule has 8 aromatic heterocycles. The van der Waals surface area contributed by atoms with Gasteiger partial charge in [-0.25, -0.2) is 0 Å². The first-order valence-corrected chi connectivity index (χ1v) is 18.3. The Labute approximate surface area is 320 Å². The van der Waals surface area contributed by atoms with E-state index in [1.165, 1.54) is 5.39 Å². The quantitative estimate of drug-likeness (QED) is 0.174. The number of hydrogen-bond donors (Lipinski definition) is 1. The molecule has 0 aliphatic rings. The van der Waals surface area contributed by atoms with Crippen molar-refractivity contribution < 1.29 is 0 Å². The summed E-state index contributed by atoms with van der Waals surface area (Å²) < 4.78 is 9.12. The number of fused-ring (bicyclic) bond motifs is 4. The third-order valence-electron chi connectivity index (χ3n) is 8.21. The van der Waals surface area contributed by atoms with E-state index < -0.39 is 0 Å². The number of halogens is 1. The van der Waals surface area contributed by atoms with Gasteiger partial charge in [0.15, 0.2) is 21.2 Å². The lowest BCUT2D eigenvalue weighted by atomic mass is 10.2. The summed E-state index contributed by atoms with van der Waals surface area (Å²) in [7, 11) is 3.81. The fourth-order valence-electron chi connectivity index (χ4n) is 5.60. The molecule has 0 bridgehead atoms. The van der Waals surface area contributed by atoms with E-state index in [4.69, 9.17) is 12.2 Å². The van der Waals surface area contributed by atoms with Crippen LogP contribution >= 0.6 is 39.9 Å². The van der Waals surface area contributed by atoms with Crippen molar-refractivity contribution in [3.8, 4) is 22.3 Å². The predicted molar refractivity (Wildman–Crippen MR) is 213 cm³/mol. The Bertz CT molecular complexity index is 2920. The maximum Gasteiger partial charge on any atom is 0.200 e. The van der Waals surface area contributed by atoms with Crippen molar-refractivity contribution >= 4 is 73.0 Å². The first-order chi connectivity index (χ1) is 25.9. The van der Waals surface area contributed by atoms with Gasteiger partial charge in [0.05, 0.1) is 23.4 Å². The van der Waals surface area contributed by atoms with E-state index in [0.717, 1.165) is 64.5 Å². The topological polar surface area (TPSA) is 125 Å². The Hall–Kier alpha value is -6.03. The minimum atomic E-state index is 0.598. The molecule has 0 spiro atoms. The first-order valence-electron chi connectivity index (χ1n) is 16.3. The summed E-state index contributed by atoms with van der Waals surface area (Å²) in [5, 5.41) is 27.0. The highest BCUT2D eigenvalue weighted by Gasteiger charge is 2.10. The number of hydrogen-bond acceptors (Lipinski definition) is 9. The highest BCUT2D eigenvalue weighted by Crippen LogP contribution is 2.30. The van der Waals surface area contributed by atoms with Crippen LogP contribution in [0.1, 0.15) is 0 Å². The maximum atomic E-state index is 5.13. The van der Waals surface area contributed by atoms with Gasteiger partial charge in [-0.15, -0.1) is 10.2 Å². The molecule has 8 heterocycles. The summed E-state index contributed by atoms with van der Waals surface area (Å²) in [6.07, 6.45) is 15.3. The molecule has 10 rings (SSSR count). The molecule has 53 heavy (non-hydrogen) atoms. The number of nitrogens with one attached hydrogen (secondary N) is 1. The largest absolute Gasteiger partial charge is 0.277 e. The maximum absolute atomic E-state index is 5.13. The van der Waals surface area contributed by atoms with Crippen molar-refractivity contribution in [1.29, 1.82) is 0 Å². The predicted octanol–water partition coefficient (Wildman–Crippen LogP) is 8.62. The summed E-state index contributed by atoms with van der Waals surface area (Å²) in [6, 6.07) is 28.2. The molecule has 0 saturated heterocycles. The van der Waals surface area contributed by atoms with E-state index in [0.29, 0.717) is 4.77 Å². The van der Waals surface area contributed by atoms with Gasteiger partial charge in [0.2, 0.25) is 0 Å². The van der Waals surface area contributed by atoms with Gasteiger partial charge in [0, 0.05) is 93.7 Å². The molecule has 0 amide bonds. The number of aromatic nitrogens is 12. The van der Waals surface area contributed by atoms with Crippen molar-refractivity contribution in [2.24, 2.45) is 14.1 Å². The van der Waals surface area contributed by atoms with Crippen LogP contribution in [0.4, 0.5) is 0 Å². The third kappa shape index (κ3) is 7.62. The van der Waals surface area contributed by atoms with Gasteiger partial charge in [0.1, 0.15) is 0 Å². The SMILES string of the molecule is Brc1ccc2ncccc2c1.Cn1cc(-c2ccc3n[nH]c(=S)n3c2)cn1.Cn1cc(-c2ccc3nnc(Sc4ccc5ncccc5c4)n3c2)cn1. The second-order valence-corrected chi connectivity index (χ2v) is 14.3. The van der Waals surface area contributed by atoms with Crippen molar-refractivity contribution in [3.05, 3.63) is 144 Å². The van der Waals surface area contributed by atoms with Gasteiger partial charge >= 0.3 is 0 Å². The molecule has 15 heteroatoms. The van der Waals surface area contributed by atoms with Crippen LogP contribution in [0.3, 0.4) is 0 Å². The zero-order valence-electron chi connectivity index (χ0n) is 28.3. The number of aryl methyl sites for hydroxylation is 2. The molecule has 0 unspecified atom stereocenters. The molecule has 2 aromatic carbocycles. The summed E-state index contributed by atoms with van der Waals surface area (Å²) in [4.78, 5) is 9.67. The van der Waals surface area contributed by atoms with Gasteiger partial charge in [-0.3, -0.25) is 33.2 Å². The van der Waals surface area contributed by atoms with Crippen molar-refractivity contribution in [2.75, 3.05) is 0 Å². The first kappa shape index (κ1) is 34.1. The number of rotatable bonds is 4. The number of H-pyrrole nitrogens is 1. The fourth-order valence-corrected chi connectivity index (χ4v) is 7.03. The van der Waals surface area contributed by atoms with Crippen molar-refractivity contribution in [2.45, 2.75) is 10.1 Å². The Morgan fingerprint density at radius 1 is 0.642 bits per heavy atom. The lowest BCUT2D eigenvalue weighted by molar-refractivity contribution is 0.768. The van der Waals surface area contributed by atoms with Crippen LogP contribution in [0.15, 0.2) is 149 Å². The molecule has 10 aromatic rings. The average molecular weight is 798 g/mol. The molecule has 12 nitrogen and oxygen atoms in total. The minimum Gasteiger partial charge on any atom is -0.277 e. The van der Waals surface area contributed by atoms with Gasteiger partial charge in [-0.05, 0) is 96.8 Å². The van der Waals surface area contributed by atoms with E-state index in [-0.39, 0.29) is 0 Å². The van der Waals surface area contributed by atoms with Crippen molar-refractivity contribution in [3.63, 3.8) is 0 Å². The van der Waals surface area contributed by atoms with E-state index in [1.807, 2.05) is 115 Å². The Morgan fingerprint density at radius 3 is 1.92 bits per heavy atom. The molecule has 0 saturated carbocycles. The minimum absolute atomic E-state index is 0.598. The second-order valence-electron chi connectivity index (χ2n) is 11.9. The normalized spacial score (nSPS) is 11.1. The van der Waals surface area contributed by atoms with Crippen LogP contribution in [0, 0.1) is 4.77 Å². The third-order valence-corrected chi connectivity index (χ3v) is 9.94. The standard InChI is InChI=1S/C19H14N6S.C10H9N5S.C9H6BrN/c1-24-11-15(10-21-24)14-4-7-18-22-23-19(25(18)12-14)26-16-5-6-17-13(9-16)3-2-8-20-17;1-14-5-8(4-11-14)7-2-3-9-12-13-10(16)15(9)6-7;10-8-3-4-9-7(6-8)2-1-5-11-9/h2-12H,1H3;2-6H,1H3,(H,13,16);1-6H. The monoisotopic (exact) mass is 796 g/mol. The van der Waals surface area contributed by atoms with E-state index >= 15 is 0 Å². The van der Waals surface area contributed by atoms with Crippen molar-refractivity contribution in [1.82, 2.24) is 58.7 Å². The number of nitrogens with zero attached hydrogens (tertiary/aromatic N) is 11. The van der Waals surface area contributed by atoms with Crippen LogP contribution in [0.2, 0.25) is 0 Å². The van der Waals surface area contributed by atoms with Gasteiger partial charge in [-0.2, -0.15) is 15.3 Å². The van der Waals surface area contributed by atoms with Crippen LogP contribution < -0.4 is 0 Å². The molecule has 260 valence electrons. The zero-order valence-corrected chi connectivity index (χ0v) is 31.5. The average Bonchev–Trinajstić information content (AvgIpc) is 4.00. The molecule has 1 N–H and O–H groups in total. The lowest BCUT2D eigenvalue weighted by Crippen LogP contribution is -1.89. The molecule has 0 fully saturated rings. The molecular weight excluding hydrogens is 769 g/mol. The summed E-state index contributed by atoms with van der Waals surface area (Å²) >= 11 is 10.1. The summed E-state index contributed by atoms with van der Waals surface area (Å²) in [5.74, 6) is 0. The van der Waals surface area contributed by atoms with Gasteiger partial charge in [0.25, 0.3) is 0 Å². The van der Waals surface area contributed by atoms with E-state index in [2.05, 4.69) is 87.0 Å². The summed E-state index contributed by atoms with van der Waals surface area (Å²) in [5.41, 5.74) is 7.94. The Balaban J connectivity index is 0.000000126. The van der Waals surface area contributed by atoms with E-state index in [1.54, 1.807) is 33.5 Å². The Kier molecular flexibility index (Phi) is 9.58. The highest BCUT2D eigenvalue weighted by atomic mass is 79.9. The summed E-state index contributed by atoms with van der Waals surface area (Å²) in [6.45, 7) is 0. The molecular formula is C38H29BrN12S2. The zero-order chi connectivity index (χ0) is 36.3. The van der Waals surface area contributed by atoms with Crippen LogP contribution in [-0.2, 0) is 14.1 Å². The van der Waals surface area contributed by atoms with E-state index in [9.17, 15) is 0 Å². The number of benzene rings is 2.